The summed E-state index contributed by atoms with van der Waals surface area (Å²) in [7, 11) is 0. The second-order valence-corrected chi connectivity index (χ2v) is 11.1. The normalized spacial score (nSPS) is 20.1. The topological polar surface area (TPSA) is 99.2 Å². The van der Waals surface area contributed by atoms with Gasteiger partial charge in [0.2, 0.25) is 0 Å². The third-order valence-electron chi connectivity index (χ3n) is 8.05. The van der Waals surface area contributed by atoms with E-state index in [1.165, 1.54) is 4.90 Å². The van der Waals surface area contributed by atoms with Gasteiger partial charge in [0.05, 0.1) is 23.2 Å². The summed E-state index contributed by atoms with van der Waals surface area (Å²) >= 11 is 6.00. The molecule has 10 heteroatoms. The van der Waals surface area contributed by atoms with Crippen molar-refractivity contribution in [2.24, 2.45) is 0 Å². The van der Waals surface area contributed by atoms with Crippen LogP contribution in [0.4, 0.5) is 8.78 Å². The SMILES string of the molecule is O=C([C@H](O)c1cccc(Cl)c1)N1CCc2nc(C3(c4cncc(C5=CCC(F)(F)CC5)c4)CC3)[nH]c(=O)c2C1. The number of carbonyl (C=O) groups is 1. The van der Waals surface area contributed by atoms with E-state index in [1.54, 1.807) is 42.7 Å². The molecule has 1 aromatic carbocycles. The fourth-order valence-corrected chi connectivity index (χ4v) is 5.75. The van der Waals surface area contributed by atoms with E-state index in [1.807, 2.05) is 6.07 Å². The first-order valence-electron chi connectivity index (χ1n) is 13.0. The zero-order valence-electron chi connectivity index (χ0n) is 21.1. The molecule has 202 valence electrons. The Morgan fingerprint density at radius 2 is 1.97 bits per heavy atom. The summed E-state index contributed by atoms with van der Waals surface area (Å²) in [5.74, 6) is -2.59. The number of nitrogens with zero attached hydrogens (tertiary/aromatic N) is 3. The smallest absolute Gasteiger partial charge is 0.256 e. The van der Waals surface area contributed by atoms with Crippen LogP contribution in [0.2, 0.25) is 5.02 Å². The third-order valence-corrected chi connectivity index (χ3v) is 8.29. The number of aliphatic hydroxyl groups is 1. The second kappa shape index (κ2) is 9.64. The fraction of sp³-hybridized carbons (Fsp3) is 0.379. The maximum Gasteiger partial charge on any atom is 0.256 e. The van der Waals surface area contributed by atoms with E-state index in [0.29, 0.717) is 47.1 Å². The van der Waals surface area contributed by atoms with Crippen LogP contribution >= 0.6 is 11.6 Å². The van der Waals surface area contributed by atoms with Crippen LogP contribution in [-0.4, -0.2) is 43.3 Å². The van der Waals surface area contributed by atoms with Gasteiger partial charge < -0.3 is 15.0 Å². The van der Waals surface area contributed by atoms with Crippen molar-refractivity contribution < 1.29 is 18.7 Å². The minimum atomic E-state index is -2.66. The van der Waals surface area contributed by atoms with Gasteiger partial charge in [-0.2, -0.15) is 0 Å². The van der Waals surface area contributed by atoms with Crippen molar-refractivity contribution in [3.63, 3.8) is 0 Å². The predicted molar refractivity (Wildman–Crippen MR) is 141 cm³/mol. The van der Waals surface area contributed by atoms with Gasteiger partial charge in [0, 0.05) is 43.2 Å². The number of amides is 1. The number of halogens is 3. The van der Waals surface area contributed by atoms with E-state index in [-0.39, 0.29) is 24.9 Å². The van der Waals surface area contributed by atoms with Crippen LogP contribution in [0, 0.1) is 0 Å². The molecule has 2 N–H and O–H groups in total. The lowest BCUT2D eigenvalue weighted by Gasteiger charge is -2.30. The molecule has 2 aliphatic carbocycles. The summed E-state index contributed by atoms with van der Waals surface area (Å²) in [5, 5.41) is 11.0. The van der Waals surface area contributed by atoms with Crippen LogP contribution in [0.5, 0.6) is 0 Å². The van der Waals surface area contributed by atoms with Crippen molar-refractivity contribution in [1.82, 2.24) is 19.9 Å². The summed E-state index contributed by atoms with van der Waals surface area (Å²) in [4.78, 5) is 39.8. The van der Waals surface area contributed by atoms with Crippen molar-refractivity contribution >= 4 is 23.1 Å². The van der Waals surface area contributed by atoms with Gasteiger partial charge in [0.15, 0.2) is 6.10 Å². The van der Waals surface area contributed by atoms with Crippen LogP contribution in [0.1, 0.15) is 72.0 Å². The molecule has 3 aliphatic rings. The van der Waals surface area contributed by atoms with Crippen LogP contribution < -0.4 is 5.56 Å². The molecule has 1 fully saturated rings. The lowest BCUT2D eigenvalue weighted by Crippen LogP contribution is -2.42. The zero-order chi connectivity index (χ0) is 27.4. The lowest BCUT2D eigenvalue weighted by molar-refractivity contribution is -0.141. The van der Waals surface area contributed by atoms with Gasteiger partial charge in [0.25, 0.3) is 17.4 Å². The van der Waals surface area contributed by atoms with E-state index in [2.05, 4.69) is 9.97 Å². The van der Waals surface area contributed by atoms with Gasteiger partial charge in [-0.25, -0.2) is 13.8 Å². The Morgan fingerprint density at radius 1 is 1.15 bits per heavy atom. The highest BCUT2D eigenvalue weighted by atomic mass is 35.5. The third kappa shape index (κ3) is 4.89. The number of nitrogens with one attached hydrogen (secondary N) is 1. The maximum atomic E-state index is 13.6. The maximum absolute atomic E-state index is 13.6. The summed E-state index contributed by atoms with van der Waals surface area (Å²) in [6.07, 6.45) is 5.47. The number of allylic oxidation sites excluding steroid dienone is 2. The number of H-pyrrole nitrogens is 1. The number of aliphatic hydroxyl groups excluding tert-OH is 1. The quantitative estimate of drug-likeness (QED) is 0.477. The molecule has 39 heavy (non-hydrogen) atoms. The molecule has 1 atom stereocenters. The van der Waals surface area contributed by atoms with E-state index >= 15 is 0 Å². The molecule has 0 radical (unpaired) electrons. The largest absolute Gasteiger partial charge is 0.378 e. The minimum Gasteiger partial charge on any atom is -0.378 e. The van der Waals surface area contributed by atoms with Gasteiger partial charge in [-0.15, -0.1) is 0 Å². The van der Waals surface area contributed by atoms with E-state index < -0.39 is 23.3 Å². The van der Waals surface area contributed by atoms with Crippen molar-refractivity contribution in [2.75, 3.05) is 6.54 Å². The van der Waals surface area contributed by atoms with Gasteiger partial charge in [-0.1, -0.05) is 29.8 Å². The van der Waals surface area contributed by atoms with Gasteiger partial charge in [-0.3, -0.25) is 14.6 Å². The molecule has 3 heterocycles. The highest BCUT2D eigenvalue weighted by Gasteiger charge is 2.49. The molecule has 2 aromatic heterocycles. The standard InChI is InChI=1S/C29H27ClF2N4O3/c30-21-3-1-2-18(13-21)24(37)26(39)36-11-6-23-22(16-36)25(38)35-27(34-23)28(9-10-28)20-12-19(14-33-15-20)17-4-7-29(31,32)8-5-17/h1-4,12-15,24,37H,5-11,16H2,(H,34,35,38)/t24-/m1/s1. The molecule has 0 unspecified atom stereocenters. The molecule has 7 nitrogen and oxygen atoms in total. The number of rotatable bonds is 5. The van der Waals surface area contributed by atoms with Crippen LogP contribution in [0.15, 0.2) is 53.6 Å². The van der Waals surface area contributed by atoms with Gasteiger partial charge in [0.1, 0.15) is 5.82 Å². The lowest BCUT2D eigenvalue weighted by atomic mass is 9.89. The molecular weight excluding hydrogens is 526 g/mol. The highest BCUT2D eigenvalue weighted by molar-refractivity contribution is 6.30. The number of hydrogen-bond acceptors (Lipinski definition) is 5. The molecule has 0 spiro atoms. The Balaban J connectivity index is 1.24. The average Bonchev–Trinajstić information content (AvgIpc) is 3.74. The number of aromatic nitrogens is 3. The first-order valence-corrected chi connectivity index (χ1v) is 13.4. The van der Waals surface area contributed by atoms with Crippen molar-refractivity contribution in [3.8, 4) is 0 Å². The molecule has 6 rings (SSSR count). The number of benzene rings is 1. The average molecular weight is 553 g/mol. The van der Waals surface area contributed by atoms with Gasteiger partial charge >= 0.3 is 0 Å². The van der Waals surface area contributed by atoms with Crippen LogP contribution in [0.25, 0.3) is 5.57 Å². The van der Waals surface area contributed by atoms with Crippen molar-refractivity contribution in [2.45, 2.75) is 62.5 Å². The summed E-state index contributed by atoms with van der Waals surface area (Å²) < 4.78 is 27.3. The highest BCUT2D eigenvalue weighted by Crippen LogP contribution is 2.52. The number of aromatic amines is 1. The molecule has 0 bridgehead atoms. The Hall–Kier alpha value is -3.43. The van der Waals surface area contributed by atoms with Gasteiger partial charge in [-0.05, 0) is 59.7 Å². The second-order valence-electron chi connectivity index (χ2n) is 10.6. The van der Waals surface area contributed by atoms with Crippen molar-refractivity contribution in [3.05, 3.63) is 98.0 Å². The first-order chi connectivity index (χ1) is 18.6. The van der Waals surface area contributed by atoms with E-state index in [0.717, 1.165) is 29.5 Å². The minimum absolute atomic E-state index is 0.0528. The van der Waals surface area contributed by atoms with E-state index in [9.17, 15) is 23.5 Å². The number of alkyl halides is 2. The summed E-state index contributed by atoms with van der Waals surface area (Å²) in [6.45, 7) is 0.374. The van der Waals surface area contributed by atoms with Crippen molar-refractivity contribution in [1.29, 1.82) is 0 Å². The van der Waals surface area contributed by atoms with Crippen LogP contribution in [-0.2, 0) is 23.2 Å². The Labute approximate surface area is 228 Å². The van der Waals surface area contributed by atoms with Crippen LogP contribution in [0.3, 0.4) is 0 Å². The Morgan fingerprint density at radius 3 is 2.69 bits per heavy atom. The Kier molecular flexibility index (Phi) is 6.38. The number of hydrogen-bond donors (Lipinski definition) is 2. The fourth-order valence-electron chi connectivity index (χ4n) is 5.55. The monoisotopic (exact) mass is 552 g/mol. The molecule has 1 saturated carbocycles. The molecule has 1 amide bonds. The predicted octanol–water partition coefficient (Wildman–Crippen LogP) is 4.72. The number of carbonyl (C=O) groups excluding carboxylic acids is 1. The summed E-state index contributed by atoms with van der Waals surface area (Å²) in [6, 6.07) is 8.48. The molecule has 1 aliphatic heterocycles. The van der Waals surface area contributed by atoms with E-state index in [4.69, 9.17) is 16.6 Å². The molecular formula is C29H27ClF2N4O3. The number of pyridine rings is 1. The molecule has 0 saturated heterocycles. The molecule has 3 aromatic rings. The zero-order valence-corrected chi connectivity index (χ0v) is 21.8. The number of fused-ring (bicyclic) bond motifs is 1. The Bertz CT molecular complexity index is 1550. The first kappa shape index (κ1) is 25.8. The summed E-state index contributed by atoms with van der Waals surface area (Å²) in [5.41, 5.74) is 3.24.